The maximum atomic E-state index is 12.8. The van der Waals surface area contributed by atoms with Gasteiger partial charge in [-0.2, -0.15) is 0 Å². The second kappa shape index (κ2) is 7.72. The molecule has 0 saturated heterocycles. The molecule has 4 aromatic rings. The second-order valence-electron chi connectivity index (χ2n) is 6.82. The number of halogens is 1. The van der Waals surface area contributed by atoms with Crippen LogP contribution in [0.3, 0.4) is 0 Å². The van der Waals surface area contributed by atoms with Gasteiger partial charge in [0, 0.05) is 16.2 Å². The Morgan fingerprint density at radius 1 is 1.03 bits per heavy atom. The molecule has 0 atom stereocenters. The van der Waals surface area contributed by atoms with E-state index in [1.165, 1.54) is 0 Å². The van der Waals surface area contributed by atoms with Gasteiger partial charge in [-0.25, -0.2) is 0 Å². The largest absolute Gasteiger partial charge is 0.484 e. The highest BCUT2D eigenvalue weighted by atomic mass is 79.9. The van der Waals surface area contributed by atoms with Gasteiger partial charge >= 0.3 is 0 Å². The van der Waals surface area contributed by atoms with Crippen molar-refractivity contribution in [1.29, 1.82) is 0 Å². The summed E-state index contributed by atoms with van der Waals surface area (Å²) in [6.07, 6.45) is 0. The molecule has 0 fully saturated rings. The predicted octanol–water partition coefficient (Wildman–Crippen LogP) is 5.34. The fraction of sp³-hybridized carbons (Fsp3) is 0.130. The Balaban J connectivity index is 1.58. The topological polar surface area (TPSA) is 68.5 Å². The molecule has 1 N–H and O–H groups in total. The smallest absolute Gasteiger partial charge is 0.262 e. The number of carbonyl (C=O) groups excluding carboxylic acids is 1. The zero-order valence-corrected chi connectivity index (χ0v) is 17.5. The Hall–Kier alpha value is -3.12. The monoisotopic (exact) mass is 451 g/mol. The van der Waals surface area contributed by atoms with Crippen molar-refractivity contribution in [3.8, 4) is 5.75 Å². The molecule has 0 aliphatic heterocycles. The summed E-state index contributed by atoms with van der Waals surface area (Å²) in [4.78, 5) is 25.0. The van der Waals surface area contributed by atoms with E-state index < -0.39 is 0 Å². The van der Waals surface area contributed by atoms with Gasteiger partial charge in [-0.05, 0) is 67.4 Å². The zero-order chi connectivity index (χ0) is 20.5. The van der Waals surface area contributed by atoms with Gasteiger partial charge in [0.15, 0.2) is 6.61 Å². The summed E-state index contributed by atoms with van der Waals surface area (Å²) in [5.74, 6) is 0.299. The van der Waals surface area contributed by atoms with Crippen LogP contribution in [-0.2, 0) is 4.79 Å². The molecule has 29 heavy (non-hydrogen) atoms. The number of fused-ring (bicyclic) bond motifs is 2. The first-order chi connectivity index (χ1) is 13.9. The third kappa shape index (κ3) is 3.89. The number of ether oxygens (including phenoxy) is 1. The SMILES string of the molecule is Cc1ccc2c(=O)c3ccc(NC(=O)COc4ccc(Br)cc4)cc3oc2c1C. The van der Waals surface area contributed by atoms with Crippen molar-refractivity contribution in [2.45, 2.75) is 13.8 Å². The summed E-state index contributed by atoms with van der Waals surface area (Å²) in [5, 5.41) is 3.81. The minimum atomic E-state index is -0.303. The maximum absolute atomic E-state index is 12.8. The molecule has 146 valence electrons. The number of anilines is 1. The van der Waals surface area contributed by atoms with Crippen LogP contribution < -0.4 is 15.5 Å². The molecule has 3 aromatic carbocycles. The van der Waals surface area contributed by atoms with Crippen LogP contribution in [0.15, 0.2) is 68.3 Å². The van der Waals surface area contributed by atoms with E-state index in [0.29, 0.717) is 33.4 Å². The fourth-order valence-corrected chi connectivity index (χ4v) is 3.37. The quantitative estimate of drug-likeness (QED) is 0.425. The third-order valence-corrected chi connectivity index (χ3v) is 5.36. The van der Waals surface area contributed by atoms with E-state index in [-0.39, 0.29) is 17.9 Å². The van der Waals surface area contributed by atoms with Crippen molar-refractivity contribution in [3.05, 3.63) is 80.4 Å². The summed E-state index contributed by atoms with van der Waals surface area (Å²) in [5.41, 5.74) is 3.44. The molecule has 5 nitrogen and oxygen atoms in total. The highest BCUT2D eigenvalue weighted by Crippen LogP contribution is 2.25. The van der Waals surface area contributed by atoms with E-state index in [4.69, 9.17) is 9.15 Å². The minimum absolute atomic E-state index is 0.0826. The Labute approximate surface area is 175 Å². The number of nitrogens with one attached hydrogen (secondary N) is 1. The highest BCUT2D eigenvalue weighted by Gasteiger charge is 2.12. The minimum Gasteiger partial charge on any atom is -0.484 e. The molecule has 0 spiro atoms. The van der Waals surface area contributed by atoms with Crippen molar-refractivity contribution in [2.24, 2.45) is 0 Å². The van der Waals surface area contributed by atoms with Gasteiger partial charge in [0.25, 0.3) is 5.91 Å². The zero-order valence-electron chi connectivity index (χ0n) is 15.9. The van der Waals surface area contributed by atoms with Gasteiger partial charge in [0.2, 0.25) is 5.43 Å². The summed E-state index contributed by atoms with van der Waals surface area (Å²) in [6.45, 7) is 3.78. The molecule has 1 aromatic heterocycles. The van der Waals surface area contributed by atoms with Crippen molar-refractivity contribution < 1.29 is 13.9 Å². The molecule has 4 rings (SSSR count). The maximum Gasteiger partial charge on any atom is 0.262 e. The van der Waals surface area contributed by atoms with Crippen LogP contribution in [0.25, 0.3) is 21.9 Å². The van der Waals surface area contributed by atoms with Crippen LogP contribution in [0.2, 0.25) is 0 Å². The highest BCUT2D eigenvalue weighted by molar-refractivity contribution is 9.10. The molecule has 1 amide bonds. The van der Waals surface area contributed by atoms with Crippen molar-refractivity contribution in [1.82, 2.24) is 0 Å². The molecule has 1 heterocycles. The molecular weight excluding hydrogens is 434 g/mol. The number of amides is 1. The van der Waals surface area contributed by atoms with Crippen molar-refractivity contribution in [2.75, 3.05) is 11.9 Å². The lowest BCUT2D eigenvalue weighted by Crippen LogP contribution is -2.20. The average Bonchev–Trinajstić information content (AvgIpc) is 2.71. The predicted molar refractivity (Wildman–Crippen MR) is 118 cm³/mol. The van der Waals surface area contributed by atoms with Crippen LogP contribution in [0.1, 0.15) is 11.1 Å². The number of hydrogen-bond donors (Lipinski definition) is 1. The van der Waals surface area contributed by atoms with E-state index in [2.05, 4.69) is 21.2 Å². The molecule has 0 saturated carbocycles. The van der Waals surface area contributed by atoms with E-state index in [1.807, 2.05) is 32.0 Å². The lowest BCUT2D eigenvalue weighted by atomic mass is 10.0. The normalized spacial score (nSPS) is 11.0. The molecule has 0 bridgehead atoms. The number of aryl methyl sites for hydroxylation is 2. The summed E-state index contributed by atoms with van der Waals surface area (Å²) in [7, 11) is 0. The van der Waals surface area contributed by atoms with Crippen LogP contribution in [0.4, 0.5) is 5.69 Å². The van der Waals surface area contributed by atoms with Gasteiger partial charge in [-0.15, -0.1) is 0 Å². The second-order valence-corrected chi connectivity index (χ2v) is 7.73. The van der Waals surface area contributed by atoms with Crippen LogP contribution in [-0.4, -0.2) is 12.5 Å². The van der Waals surface area contributed by atoms with E-state index in [0.717, 1.165) is 15.6 Å². The lowest BCUT2D eigenvalue weighted by Gasteiger charge is -2.09. The fourth-order valence-electron chi connectivity index (χ4n) is 3.10. The molecule has 6 heteroatoms. The Morgan fingerprint density at radius 2 is 1.76 bits per heavy atom. The average molecular weight is 452 g/mol. The van der Waals surface area contributed by atoms with E-state index in [1.54, 1.807) is 36.4 Å². The standard InChI is InChI=1S/C23H18BrNO4/c1-13-3-9-19-22(27)18-10-6-16(11-20(18)29-23(19)14(13)2)25-21(26)12-28-17-7-4-15(24)5-8-17/h3-11H,12H2,1-2H3,(H,25,26). The van der Waals surface area contributed by atoms with Gasteiger partial charge in [0.05, 0.1) is 10.8 Å². The Bertz CT molecular complexity index is 1290. The van der Waals surface area contributed by atoms with Gasteiger partial charge < -0.3 is 14.5 Å². The van der Waals surface area contributed by atoms with E-state index >= 15 is 0 Å². The summed E-state index contributed by atoms with van der Waals surface area (Å²) >= 11 is 3.35. The van der Waals surface area contributed by atoms with Crippen LogP contribution in [0, 0.1) is 13.8 Å². The summed E-state index contributed by atoms with van der Waals surface area (Å²) in [6, 6.07) is 16.0. The third-order valence-electron chi connectivity index (χ3n) is 4.83. The molecule has 0 aliphatic carbocycles. The lowest BCUT2D eigenvalue weighted by molar-refractivity contribution is -0.118. The Kier molecular flexibility index (Phi) is 5.11. The van der Waals surface area contributed by atoms with E-state index in [9.17, 15) is 9.59 Å². The first-order valence-corrected chi connectivity index (χ1v) is 9.86. The first-order valence-electron chi connectivity index (χ1n) is 9.07. The van der Waals surface area contributed by atoms with Gasteiger partial charge in [-0.1, -0.05) is 22.0 Å². The number of carbonyl (C=O) groups is 1. The van der Waals surface area contributed by atoms with Crippen LogP contribution >= 0.6 is 15.9 Å². The Morgan fingerprint density at radius 3 is 2.52 bits per heavy atom. The summed E-state index contributed by atoms with van der Waals surface area (Å²) < 4.78 is 12.4. The number of rotatable bonds is 4. The molecule has 0 unspecified atom stereocenters. The van der Waals surface area contributed by atoms with Gasteiger partial charge in [-0.3, -0.25) is 9.59 Å². The molecular formula is C23H18BrNO4. The van der Waals surface area contributed by atoms with Crippen LogP contribution in [0.5, 0.6) is 5.75 Å². The first kappa shape index (κ1) is 19.2. The number of benzene rings is 3. The molecule has 0 radical (unpaired) electrons. The number of hydrogen-bond acceptors (Lipinski definition) is 4. The van der Waals surface area contributed by atoms with Crippen molar-refractivity contribution in [3.63, 3.8) is 0 Å². The molecule has 0 aliphatic rings. The van der Waals surface area contributed by atoms with Gasteiger partial charge in [0.1, 0.15) is 16.9 Å². The van der Waals surface area contributed by atoms with Crippen molar-refractivity contribution >= 4 is 49.5 Å².